The van der Waals surface area contributed by atoms with Crippen LogP contribution in [-0.2, 0) is 11.2 Å². The highest BCUT2D eigenvalue weighted by molar-refractivity contribution is 7.26. The number of rotatable bonds is 6. The smallest absolute Gasteiger partial charge is 0.180 e. The molecule has 0 radical (unpaired) electrons. The number of thiophene rings is 1. The zero-order chi connectivity index (χ0) is 44.2. The number of hydrogen-bond acceptors (Lipinski definition) is 4. The van der Waals surface area contributed by atoms with Crippen LogP contribution in [0.15, 0.2) is 199 Å². The summed E-state index contributed by atoms with van der Waals surface area (Å²) in [4.78, 5) is 0. The SMILES string of the molecule is CC(C)(O)c1ccc(C(C)(C)O)c2c1-c1ccc(-c3cccc4c3sc3ccccc34)cc1[Si](c1ccccc1)(c1ccccc1)c1cc(-c3cccc4oc5ccccc5c34)ccc1-2. The quantitative estimate of drug-likeness (QED) is 0.164. The van der Waals surface area contributed by atoms with Crippen LogP contribution in [0.5, 0.6) is 0 Å². The molecular weight excluding hydrogens is 829 g/mol. The minimum Gasteiger partial charge on any atom is -0.456 e. The number of furan rings is 1. The van der Waals surface area contributed by atoms with Crippen LogP contribution >= 0.6 is 11.3 Å². The minimum absolute atomic E-state index is 0.813. The first kappa shape index (κ1) is 39.7. The lowest BCUT2D eigenvalue weighted by molar-refractivity contribution is 0.0753. The molecular formula is C60H46O3SSi. The molecule has 12 rings (SSSR count). The van der Waals surface area contributed by atoms with E-state index in [1.54, 1.807) is 0 Å². The molecule has 314 valence electrons. The molecule has 5 heteroatoms. The van der Waals surface area contributed by atoms with Gasteiger partial charge in [-0.2, -0.15) is 0 Å². The van der Waals surface area contributed by atoms with Crippen molar-refractivity contribution in [2.24, 2.45) is 0 Å². The molecule has 0 saturated heterocycles. The Labute approximate surface area is 383 Å². The van der Waals surface area contributed by atoms with Gasteiger partial charge >= 0.3 is 0 Å². The third kappa shape index (κ3) is 6.00. The van der Waals surface area contributed by atoms with E-state index in [0.717, 1.165) is 72.0 Å². The van der Waals surface area contributed by atoms with E-state index in [9.17, 15) is 10.2 Å². The van der Waals surface area contributed by atoms with Crippen LogP contribution in [0, 0.1) is 0 Å². The Morgan fingerprint density at radius 3 is 1.54 bits per heavy atom. The molecule has 0 atom stereocenters. The van der Waals surface area contributed by atoms with Gasteiger partial charge in [-0.25, -0.2) is 0 Å². The van der Waals surface area contributed by atoms with Crippen molar-refractivity contribution in [1.82, 2.24) is 0 Å². The summed E-state index contributed by atoms with van der Waals surface area (Å²) in [6, 6.07) is 70.5. The Morgan fingerprint density at radius 1 is 0.431 bits per heavy atom. The maximum absolute atomic E-state index is 12.3. The largest absolute Gasteiger partial charge is 0.456 e. The first-order chi connectivity index (χ1) is 31.5. The van der Waals surface area contributed by atoms with Crippen molar-refractivity contribution in [1.29, 1.82) is 0 Å². The average Bonchev–Trinajstić information content (AvgIpc) is 3.87. The minimum atomic E-state index is -3.40. The molecule has 11 aromatic rings. The van der Waals surface area contributed by atoms with E-state index in [0.29, 0.717) is 0 Å². The molecule has 0 aliphatic carbocycles. The number of fused-ring (bicyclic) bond motifs is 11. The molecule has 0 saturated carbocycles. The Bertz CT molecular complexity index is 3640. The Hall–Kier alpha value is -6.86. The first-order valence-corrected chi connectivity index (χ1v) is 25.2. The van der Waals surface area contributed by atoms with Gasteiger partial charge in [-0.1, -0.05) is 176 Å². The van der Waals surface area contributed by atoms with Gasteiger partial charge in [0.15, 0.2) is 8.07 Å². The standard InChI is InChI=1S/C60H46O3SSi/c1-59(2,61)48-33-34-49(60(3,4)62)57-47-32-30-38(42-24-15-25-44-43-21-12-14-28-52(43)64-58(42)44)36-54(47)65(39-17-7-5-8-18-39,40-19-9-6-10-20-40)53-35-37(29-31-46(53)56(48)57)41-23-16-27-51-55(41)45-22-11-13-26-50(45)63-51/h5-36,61-62H,1-4H3. The van der Waals surface area contributed by atoms with Crippen LogP contribution in [0.3, 0.4) is 0 Å². The summed E-state index contributed by atoms with van der Waals surface area (Å²) in [5.74, 6) is 0. The van der Waals surface area contributed by atoms with Crippen molar-refractivity contribution >= 4 is 82.3 Å². The molecule has 2 N–H and O–H groups in total. The molecule has 1 aliphatic heterocycles. The Balaban J connectivity index is 1.30. The van der Waals surface area contributed by atoms with Crippen molar-refractivity contribution in [3.8, 4) is 44.5 Å². The zero-order valence-corrected chi connectivity index (χ0v) is 38.5. The molecule has 0 amide bonds. The van der Waals surface area contributed by atoms with E-state index in [1.807, 2.05) is 63.3 Å². The highest BCUT2D eigenvalue weighted by Crippen LogP contribution is 2.48. The van der Waals surface area contributed by atoms with E-state index in [2.05, 4.69) is 170 Å². The van der Waals surface area contributed by atoms with Gasteiger partial charge in [0, 0.05) is 30.9 Å². The predicted octanol–water partition coefficient (Wildman–Crippen LogP) is 12.8. The molecule has 9 aromatic carbocycles. The van der Waals surface area contributed by atoms with Crippen LogP contribution in [0.25, 0.3) is 86.6 Å². The fraction of sp³-hybridized carbons (Fsp3) is 0.100. The first-order valence-electron chi connectivity index (χ1n) is 22.4. The number of benzene rings is 9. The van der Waals surface area contributed by atoms with Gasteiger partial charge in [-0.15, -0.1) is 11.3 Å². The topological polar surface area (TPSA) is 53.6 Å². The van der Waals surface area contributed by atoms with Crippen molar-refractivity contribution in [2.75, 3.05) is 0 Å². The summed E-state index contributed by atoms with van der Waals surface area (Å²) in [6.45, 7) is 7.52. The summed E-state index contributed by atoms with van der Waals surface area (Å²) in [5, 5.41) is 34.2. The van der Waals surface area contributed by atoms with Gasteiger partial charge in [0.1, 0.15) is 11.2 Å². The van der Waals surface area contributed by atoms with Crippen molar-refractivity contribution in [2.45, 2.75) is 38.9 Å². The van der Waals surface area contributed by atoms with E-state index >= 15 is 0 Å². The fourth-order valence-electron chi connectivity index (χ4n) is 11.0. The second kappa shape index (κ2) is 14.6. The van der Waals surface area contributed by atoms with Gasteiger partial charge < -0.3 is 14.6 Å². The third-order valence-electron chi connectivity index (χ3n) is 13.8. The summed E-state index contributed by atoms with van der Waals surface area (Å²) in [5.41, 5.74) is 9.46. The average molecular weight is 875 g/mol. The normalized spacial score (nSPS) is 13.5. The number of para-hydroxylation sites is 1. The van der Waals surface area contributed by atoms with E-state index in [1.165, 1.54) is 46.5 Å². The van der Waals surface area contributed by atoms with Gasteiger partial charge in [-0.3, -0.25) is 0 Å². The van der Waals surface area contributed by atoms with Crippen LogP contribution in [-0.4, -0.2) is 18.3 Å². The highest BCUT2D eigenvalue weighted by atomic mass is 32.1. The molecule has 0 spiro atoms. The third-order valence-corrected chi connectivity index (χ3v) is 19.8. The van der Waals surface area contributed by atoms with Crippen LogP contribution < -0.4 is 20.7 Å². The highest BCUT2D eigenvalue weighted by Gasteiger charge is 2.48. The molecule has 0 fully saturated rings. The van der Waals surface area contributed by atoms with Gasteiger partial charge in [0.25, 0.3) is 0 Å². The fourth-order valence-corrected chi connectivity index (χ4v) is 17.4. The molecule has 2 aromatic heterocycles. The summed E-state index contributed by atoms with van der Waals surface area (Å²) >= 11 is 1.85. The predicted molar refractivity (Wildman–Crippen MR) is 276 cm³/mol. The molecule has 3 nitrogen and oxygen atoms in total. The van der Waals surface area contributed by atoms with E-state index in [-0.39, 0.29) is 0 Å². The van der Waals surface area contributed by atoms with Crippen LogP contribution in [0.4, 0.5) is 0 Å². The summed E-state index contributed by atoms with van der Waals surface area (Å²) in [6.07, 6.45) is 0. The Morgan fingerprint density at radius 2 is 0.923 bits per heavy atom. The number of hydrogen-bond donors (Lipinski definition) is 2. The maximum atomic E-state index is 12.3. The second-order valence-corrected chi connectivity index (χ2v) is 23.4. The molecule has 1 aliphatic rings. The number of aliphatic hydroxyl groups is 2. The molecule has 0 bridgehead atoms. The molecule has 3 heterocycles. The lowest BCUT2D eigenvalue weighted by atomic mass is 9.78. The summed E-state index contributed by atoms with van der Waals surface area (Å²) < 4.78 is 9.01. The zero-order valence-electron chi connectivity index (χ0n) is 36.7. The second-order valence-electron chi connectivity index (χ2n) is 18.6. The van der Waals surface area contributed by atoms with Gasteiger partial charge in [0.05, 0.1) is 11.2 Å². The lowest BCUT2D eigenvalue weighted by Crippen LogP contribution is -2.75. The lowest BCUT2D eigenvalue weighted by Gasteiger charge is -2.36. The summed E-state index contributed by atoms with van der Waals surface area (Å²) in [7, 11) is -3.40. The van der Waals surface area contributed by atoms with E-state index < -0.39 is 19.3 Å². The van der Waals surface area contributed by atoms with Crippen LogP contribution in [0.1, 0.15) is 38.8 Å². The van der Waals surface area contributed by atoms with Gasteiger partial charge in [0.2, 0.25) is 0 Å². The van der Waals surface area contributed by atoms with Gasteiger partial charge in [-0.05, 0) is 122 Å². The molecule has 0 unspecified atom stereocenters. The Kier molecular flexibility index (Phi) is 8.91. The molecule has 65 heavy (non-hydrogen) atoms. The van der Waals surface area contributed by atoms with Crippen LogP contribution in [0.2, 0.25) is 0 Å². The van der Waals surface area contributed by atoms with Crippen molar-refractivity contribution < 1.29 is 14.6 Å². The monoisotopic (exact) mass is 874 g/mol. The maximum Gasteiger partial charge on any atom is 0.180 e. The van der Waals surface area contributed by atoms with Crippen molar-refractivity contribution in [3.63, 3.8) is 0 Å². The van der Waals surface area contributed by atoms with E-state index in [4.69, 9.17) is 4.42 Å². The van der Waals surface area contributed by atoms with Crippen molar-refractivity contribution in [3.05, 3.63) is 205 Å².